The summed E-state index contributed by atoms with van der Waals surface area (Å²) in [5.74, 6) is 0.797. The maximum absolute atomic E-state index is 11.8. The number of carbonyl (C=O) groups excluding carboxylic acids is 1. The molecule has 2 atom stereocenters. The van der Waals surface area contributed by atoms with Crippen LogP contribution in [0.4, 0.5) is 8.78 Å². The van der Waals surface area contributed by atoms with Gasteiger partial charge in [-0.3, -0.25) is 4.79 Å². The Labute approximate surface area is 87.4 Å². The number of nitrogens with zero attached hydrogens (tertiary/aromatic N) is 1. The Morgan fingerprint density at radius 1 is 1.53 bits per heavy atom. The van der Waals surface area contributed by atoms with E-state index in [0.29, 0.717) is 19.0 Å². The number of hydrogen-bond donors (Lipinski definition) is 0. The molecule has 0 N–H and O–H groups in total. The molecule has 0 aromatic heterocycles. The zero-order chi connectivity index (χ0) is 11.0. The van der Waals surface area contributed by atoms with Gasteiger partial charge in [-0.2, -0.15) is 8.78 Å². The second-order valence-corrected chi connectivity index (χ2v) is 4.27. The van der Waals surface area contributed by atoms with Gasteiger partial charge in [0.05, 0.1) is 6.10 Å². The average molecular weight is 219 g/mol. The van der Waals surface area contributed by atoms with Crippen molar-refractivity contribution in [2.45, 2.75) is 32.5 Å². The SMILES string of the molecule is CC[C@@H]1C[C@H]1C(=O)N1CC(OC(F)F)C1. The summed E-state index contributed by atoms with van der Waals surface area (Å²) in [5, 5.41) is 0. The van der Waals surface area contributed by atoms with Crippen molar-refractivity contribution in [3.8, 4) is 0 Å². The summed E-state index contributed by atoms with van der Waals surface area (Å²) < 4.78 is 27.9. The lowest BCUT2D eigenvalue weighted by molar-refractivity contribution is -0.199. The van der Waals surface area contributed by atoms with E-state index in [4.69, 9.17) is 0 Å². The Balaban J connectivity index is 1.69. The normalized spacial score (nSPS) is 30.5. The number of amides is 1. The van der Waals surface area contributed by atoms with E-state index in [2.05, 4.69) is 11.7 Å². The number of ether oxygens (including phenoxy) is 1. The number of hydrogen-bond acceptors (Lipinski definition) is 2. The fourth-order valence-corrected chi connectivity index (χ4v) is 2.09. The van der Waals surface area contributed by atoms with Crippen LogP contribution in [0.15, 0.2) is 0 Å². The first-order valence-corrected chi connectivity index (χ1v) is 5.34. The van der Waals surface area contributed by atoms with Crippen molar-refractivity contribution in [1.29, 1.82) is 0 Å². The summed E-state index contributed by atoms with van der Waals surface area (Å²) in [5.41, 5.74) is 0. The molecule has 2 rings (SSSR count). The molecule has 2 fully saturated rings. The van der Waals surface area contributed by atoms with Gasteiger partial charge in [0.1, 0.15) is 0 Å². The molecular formula is C10H15F2NO2. The zero-order valence-electron chi connectivity index (χ0n) is 8.66. The third kappa shape index (κ3) is 2.27. The van der Waals surface area contributed by atoms with E-state index in [-0.39, 0.29) is 11.8 Å². The molecule has 0 unspecified atom stereocenters. The Morgan fingerprint density at radius 3 is 2.67 bits per heavy atom. The van der Waals surface area contributed by atoms with Crippen LogP contribution in [0.5, 0.6) is 0 Å². The largest absolute Gasteiger partial charge is 0.345 e. The molecule has 1 amide bonds. The molecule has 0 bridgehead atoms. The van der Waals surface area contributed by atoms with Gasteiger partial charge in [-0.1, -0.05) is 13.3 Å². The molecule has 0 spiro atoms. The van der Waals surface area contributed by atoms with E-state index in [1.54, 1.807) is 4.90 Å². The van der Waals surface area contributed by atoms with Crippen LogP contribution >= 0.6 is 0 Å². The lowest BCUT2D eigenvalue weighted by Gasteiger charge is -2.38. The van der Waals surface area contributed by atoms with Crippen molar-refractivity contribution in [2.24, 2.45) is 11.8 Å². The van der Waals surface area contributed by atoms with Gasteiger partial charge in [0, 0.05) is 19.0 Å². The molecule has 1 saturated carbocycles. The summed E-state index contributed by atoms with van der Waals surface area (Å²) in [6.07, 6.45) is 1.53. The van der Waals surface area contributed by atoms with E-state index in [1.165, 1.54) is 0 Å². The Kier molecular flexibility index (Phi) is 2.91. The van der Waals surface area contributed by atoms with Crippen molar-refractivity contribution < 1.29 is 18.3 Å². The van der Waals surface area contributed by atoms with Crippen LogP contribution in [-0.4, -0.2) is 36.6 Å². The molecule has 1 saturated heterocycles. The third-order valence-electron chi connectivity index (χ3n) is 3.22. The van der Waals surface area contributed by atoms with Gasteiger partial charge in [-0.05, 0) is 12.3 Å². The predicted octanol–water partition coefficient (Wildman–Crippen LogP) is 1.48. The second kappa shape index (κ2) is 4.04. The molecule has 2 aliphatic rings. The van der Waals surface area contributed by atoms with Gasteiger partial charge in [-0.25, -0.2) is 0 Å². The first-order valence-electron chi connectivity index (χ1n) is 5.34. The number of rotatable bonds is 4. The molecule has 3 nitrogen and oxygen atoms in total. The van der Waals surface area contributed by atoms with E-state index in [9.17, 15) is 13.6 Å². The monoisotopic (exact) mass is 219 g/mol. The van der Waals surface area contributed by atoms with Gasteiger partial charge < -0.3 is 9.64 Å². The minimum atomic E-state index is -2.73. The Hall–Kier alpha value is -0.710. The van der Waals surface area contributed by atoms with Gasteiger partial charge >= 0.3 is 6.61 Å². The van der Waals surface area contributed by atoms with E-state index in [1.807, 2.05) is 0 Å². The first kappa shape index (κ1) is 10.8. The number of halogens is 2. The van der Waals surface area contributed by atoms with E-state index < -0.39 is 12.7 Å². The molecule has 1 heterocycles. The highest BCUT2D eigenvalue weighted by Gasteiger charge is 2.46. The average Bonchev–Trinajstić information content (AvgIpc) is 2.88. The van der Waals surface area contributed by atoms with Crippen molar-refractivity contribution in [3.05, 3.63) is 0 Å². The Bertz CT molecular complexity index is 254. The number of alkyl halides is 2. The summed E-state index contributed by atoms with van der Waals surface area (Å²) in [4.78, 5) is 13.3. The Morgan fingerprint density at radius 2 is 2.20 bits per heavy atom. The molecular weight excluding hydrogens is 204 g/mol. The van der Waals surface area contributed by atoms with Crippen molar-refractivity contribution in [2.75, 3.05) is 13.1 Å². The maximum atomic E-state index is 11.8. The van der Waals surface area contributed by atoms with E-state index in [0.717, 1.165) is 12.8 Å². The predicted molar refractivity (Wildman–Crippen MR) is 49.3 cm³/mol. The summed E-state index contributed by atoms with van der Waals surface area (Å²) >= 11 is 0. The molecule has 5 heteroatoms. The van der Waals surface area contributed by atoms with Gasteiger partial charge in [-0.15, -0.1) is 0 Å². The lowest BCUT2D eigenvalue weighted by Crippen LogP contribution is -2.55. The van der Waals surface area contributed by atoms with Crippen LogP contribution in [0.1, 0.15) is 19.8 Å². The lowest BCUT2D eigenvalue weighted by atomic mass is 10.1. The van der Waals surface area contributed by atoms with Gasteiger partial charge in [0.15, 0.2) is 0 Å². The molecule has 1 aliphatic heterocycles. The fourth-order valence-electron chi connectivity index (χ4n) is 2.09. The smallest absolute Gasteiger partial charge is 0.337 e. The third-order valence-corrected chi connectivity index (χ3v) is 3.22. The summed E-state index contributed by atoms with van der Waals surface area (Å²) in [7, 11) is 0. The number of carbonyl (C=O) groups is 1. The molecule has 1 aliphatic carbocycles. The molecule has 86 valence electrons. The van der Waals surface area contributed by atoms with Crippen LogP contribution in [0.2, 0.25) is 0 Å². The molecule has 0 radical (unpaired) electrons. The second-order valence-electron chi connectivity index (χ2n) is 4.27. The van der Waals surface area contributed by atoms with Crippen LogP contribution in [0, 0.1) is 11.8 Å². The minimum absolute atomic E-state index is 0.121. The minimum Gasteiger partial charge on any atom is -0.337 e. The standard InChI is InChI=1S/C10H15F2NO2/c1-2-6-3-8(6)9(14)13-4-7(5-13)15-10(11)12/h6-8,10H,2-5H2,1H3/t6-,8-/m1/s1. The van der Waals surface area contributed by atoms with E-state index >= 15 is 0 Å². The van der Waals surface area contributed by atoms with Gasteiger partial charge in [0.2, 0.25) is 5.91 Å². The summed E-state index contributed by atoms with van der Waals surface area (Å²) in [6.45, 7) is -0.000222. The molecule has 0 aromatic carbocycles. The van der Waals surface area contributed by atoms with Crippen LogP contribution in [0.3, 0.4) is 0 Å². The first-order chi connectivity index (χ1) is 7.11. The quantitative estimate of drug-likeness (QED) is 0.716. The van der Waals surface area contributed by atoms with Crippen molar-refractivity contribution in [1.82, 2.24) is 4.90 Å². The highest BCUT2D eigenvalue weighted by molar-refractivity contribution is 5.82. The maximum Gasteiger partial charge on any atom is 0.345 e. The summed E-state index contributed by atoms with van der Waals surface area (Å²) in [6, 6.07) is 0. The van der Waals surface area contributed by atoms with Crippen LogP contribution in [0.25, 0.3) is 0 Å². The zero-order valence-corrected chi connectivity index (χ0v) is 8.66. The highest BCUT2D eigenvalue weighted by Crippen LogP contribution is 2.43. The van der Waals surface area contributed by atoms with Crippen molar-refractivity contribution >= 4 is 5.91 Å². The molecule has 15 heavy (non-hydrogen) atoms. The topological polar surface area (TPSA) is 29.5 Å². The van der Waals surface area contributed by atoms with Crippen LogP contribution < -0.4 is 0 Å². The van der Waals surface area contributed by atoms with Crippen LogP contribution in [-0.2, 0) is 9.53 Å². The number of likely N-dealkylation sites (tertiary alicyclic amines) is 1. The van der Waals surface area contributed by atoms with Gasteiger partial charge in [0.25, 0.3) is 0 Å². The fraction of sp³-hybridized carbons (Fsp3) is 0.900. The van der Waals surface area contributed by atoms with Crippen molar-refractivity contribution in [3.63, 3.8) is 0 Å². The molecule has 0 aromatic rings. The highest BCUT2D eigenvalue weighted by atomic mass is 19.3.